The number of hydrogen-bond acceptors (Lipinski definition) is 2. The van der Waals surface area contributed by atoms with Gasteiger partial charge in [-0.15, -0.1) is 0 Å². The zero-order chi connectivity index (χ0) is 7.68. The van der Waals surface area contributed by atoms with Crippen molar-refractivity contribution in [3.8, 4) is 0 Å². The molecule has 0 spiro atoms. The molecule has 1 saturated carbocycles. The van der Waals surface area contributed by atoms with Crippen molar-refractivity contribution in [2.45, 2.75) is 38.3 Å². The molecule has 0 radical (unpaired) electrons. The summed E-state index contributed by atoms with van der Waals surface area (Å²) in [5, 5.41) is 3.52. The summed E-state index contributed by atoms with van der Waals surface area (Å²) in [5.41, 5.74) is 0. The number of hydrogen-bond donors (Lipinski definition) is 1. The second-order valence-corrected chi connectivity index (χ2v) is 3.77. The van der Waals surface area contributed by atoms with Crippen LogP contribution in [-0.2, 0) is 0 Å². The Morgan fingerprint density at radius 2 is 2.18 bits per heavy atom. The fraction of sp³-hybridized carbons (Fsp3) is 1.00. The maximum atomic E-state index is 3.52. The second-order valence-electron chi connectivity index (χ2n) is 3.77. The van der Waals surface area contributed by atoms with Crippen molar-refractivity contribution in [1.29, 1.82) is 0 Å². The molecule has 2 heteroatoms. The van der Waals surface area contributed by atoms with E-state index in [1.54, 1.807) is 0 Å². The third-order valence-corrected chi connectivity index (χ3v) is 2.78. The van der Waals surface area contributed by atoms with E-state index in [0.29, 0.717) is 0 Å². The van der Waals surface area contributed by atoms with Crippen molar-refractivity contribution >= 4 is 0 Å². The van der Waals surface area contributed by atoms with E-state index in [1.807, 2.05) is 0 Å². The molecule has 1 aliphatic heterocycles. The van der Waals surface area contributed by atoms with Gasteiger partial charge in [-0.3, -0.25) is 4.90 Å². The highest BCUT2D eigenvalue weighted by atomic mass is 15.2. The van der Waals surface area contributed by atoms with Crippen LogP contribution in [-0.4, -0.2) is 36.6 Å². The summed E-state index contributed by atoms with van der Waals surface area (Å²) in [5.74, 6) is 0. The zero-order valence-electron chi connectivity index (χ0n) is 7.34. The van der Waals surface area contributed by atoms with Crippen molar-refractivity contribution in [1.82, 2.24) is 10.2 Å². The molecule has 2 rings (SSSR count). The van der Waals surface area contributed by atoms with Crippen molar-refractivity contribution in [2.24, 2.45) is 0 Å². The van der Waals surface area contributed by atoms with Crippen LogP contribution in [0.25, 0.3) is 0 Å². The molecular weight excluding hydrogens is 136 g/mol. The van der Waals surface area contributed by atoms with E-state index in [4.69, 9.17) is 0 Å². The van der Waals surface area contributed by atoms with Crippen LogP contribution in [0.5, 0.6) is 0 Å². The summed E-state index contributed by atoms with van der Waals surface area (Å²) in [6, 6.07) is 1.76. The summed E-state index contributed by atoms with van der Waals surface area (Å²) in [6.45, 7) is 5.96. The summed E-state index contributed by atoms with van der Waals surface area (Å²) in [7, 11) is 0. The number of rotatable bonds is 3. The Morgan fingerprint density at radius 3 is 2.82 bits per heavy atom. The molecule has 1 atom stereocenters. The second kappa shape index (κ2) is 3.11. The Kier molecular flexibility index (Phi) is 2.14. The fourth-order valence-electron chi connectivity index (χ4n) is 2.01. The minimum atomic E-state index is 0.792. The molecule has 64 valence electrons. The Morgan fingerprint density at radius 1 is 1.36 bits per heavy atom. The smallest absolute Gasteiger partial charge is 0.0207 e. The minimum absolute atomic E-state index is 0.792. The lowest BCUT2D eigenvalue weighted by molar-refractivity contribution is 0.318. The molecule has 1 saturated heterocycles. The lowest BCUT2D eigenvalue weighted by Gasteiger charge is -2.14. The highest BCUT2D eigenvalue weighted by molar-refractivity contribution is 4.91. The third-order valence-electron chi connectivity index (χ3n) is 2.78. The van der Waals surface area contributed by atoms with Gasteiger partial charge in [0, 0.05) is 25.2 Å². The van der Waals surface area contributed by atoms with Crippen LogP contribution >= 0.6 is 0 Å². The van der Waals surface area contributed by atoms with Gasteiger partial charge < -0.3 is 5.32 Å². The molecule has 0 bridgehead atoms. The molecule has 0 aromatic rings. The lowest BCUT2D eigenvalue weighted by Crippen LogP contribution is -2.32. The van der Waals surface area contributed by atoms with E-state index >= 15 is 0 Å². The highest BCUT2D eigenvalue weighted by Gasteiger charge is 2.33. The van der Waals surface area contributed by atoms with Crippen LogP contribution in [0.2, 0.25) is 0 Å². The van der Waals surface area contributed by atoms with E-state index in [1.165, 1.54) is 32.4 Å². The molecule has 1 N–H and O–H groups in total. The van der Waals surface area contributed by atoms with Gasteiger partial charge in [-0.1, -0.05) is 6.92 Å². The van der Waals surface area contributed by atoms with Crippen molar-refractivity contribution in [2.75, 3.05) is 19.6 Å². The maximum Gasteiger partial charge on any atom is 0.0207 e. The van der Waals surface area contributed by atoms with Crippen molar-refractivity contribution < 1.29 is 0 Å². The van der Waals surface area contributed by atoms with Gasteiger partial charge in [0.15, 0.2) is 0 Å². The van der Waals surface area contributed by atoms with E-state index < -0.39 is 0 Å². The molecule has 1 unspecified atom stereocenters. The quantitative estimate of drug-likeness (QED) is 0.648. The predicted molar refractivity (Wildman–Crippen MR) is 46.7 cm³/mol. The van der Waals surface area contributed by atoms with Crippen molar-refractivity contribution in [3.05, 3.63) is 0 Å². The van der Waals surface area contributed by atoms with E-state index in [-0.39, 0.29) is 0 Å². The van der Waals surface area contributed by atoms with Crippen LogP contribution in [0, 0.1) is 0 Å². The Balaban J connectivity index is 1.74. The molecule has 0 aromatic carbocycles. The van der Waals surface area contributed by atoms with Crippen LogP contribution in [0.15, 0.2) is 0 Å². The largest absolute Gasteiger partial charge is 0.313 e. The first-order valence-electron chi connectivity index (χ1n) is 4.87. The molecule has 2 aliphatic rings. The lowest BCUT2D eigenvalue weighted by atomic mass is 10.3. The van der Waals surface area contributed by atoms with Gasteiger partial charge in [-0.05, 0) is 25.8 Å². The van der Waals surface area contributed by atoms with Crippen LogP contribution in [0.4, 0.5) is 0 Å². The first-order chi connectivity index (χ1) is 5.40. The summed E-state index contributed by atoms with van der Waals surface area (Å²) >= 11 is 0. The average molecular weight is 154 g/mol. The SMILES string of the molecule is CCNC1CCN(C2CC2)C1. The van der Waals surface area contributed by atoms with E-state index in [2.05, 4.69) is 17.1 Å². The Bertz CT molecular complexity index is 132. The third kappa shape index (κ3) is 1.74. The topological polar surface area (TPSA) is 15.3 Å². The fourth-order valence-corrected chi connectivity index (χ4v) is 2.01. The molecule has 1 heterocycles. The molecule has 0 aromatic heterocycles. The number of nitrogens with one attached hydrogen (secondary N) is 1. The molecule has 11 heavy (non-hydrogen) atoms. The summed E-state index contributed by atoms with van der Waals surface area (Å²) < 4.78 is 0. The Hall–Kier alpha value is -0.0800. The summed E-state index contributed by atoms with van der Waals surface area (Å²) in [4.78, 5) is 2.65. The van der Waals surface area contributed by atoms with Crippen LogP contribution < -0.4 is 5.32 Å². The van der Waals surface area contributed by atoms with Gasteiger partial charge in [0.1, 0.15) is 0 Å². The van der Waals surface area contributed by atoms with Gasteiger partial charge in [0.2, 0.25) is 0 Å². The molecule has 0 amide bonds. The molecule has 2 fully saturated rings. The standard InChI is InChI=1S/C9H18N2/c1-2-10-8-5-6-11(7-8)9-3-4-9/h8-10H,2-7H2,1H3. The average Bonchev–Trinajstić information content (AvgIpc) is 2.75. The first-order valence-corrected chi connectivity index (χ1v) is 4.87. The van der Waals surface area contributed by atoms with Gasteiger partial charge in [-0.25, -0.2) is 0 Å². The molecular formula is C9H18N2. The number of likely N-dealkylation sites (N-methyl/N-ethyl adjacent to an activating group) is 1. The minimum Gasteiger partial charge on any atom is -0.313 e. The first kappa shape index (κ1) is 7.56. The van der Waals surface area contributed by atoms with Crippen LogP contribution in [0.1, 0.15) is 26.2 Å². The number of likely N-dealkylation sites (tertiary alicyclic amines) is 1. The predicted octanol–water partition coefficient (Wildman–Crippen LogP) is 0.833. The highest BCUT2D eigenvalue weighted by Crippen LogP contribution is 2.29. The monoisotopic (exact) mass is 154 g/mol. The Labute approximate surface area is 69.0 Å². The van der Waals surface area contributed by atoms with E-state index in [9.17, 15) is 0 Å². The van der Waals surface area contributed by atoms with Gasteiger partial charge in [-0.2, -0.15) is 0 Å². The van der Waals surface area contributed by atoms with Crippen LogP contribution in [0.3, 0.4) is 0 Å². The summed E-state index contributed by atoms with van der Waals surface area (Å²) in [6.07, 6.45) is 4.28. The zero-order valence-corrected chi connectivity index (χ0v) is 7.34. The molecule has 1 aliphatic carbocycles. The van der Waals surface area contributed by atoms with Gasteiger partial charge >= 0.3 is 0 Å². The number of nitrogens with zero attached hydrogens (tertiary/aromatic N) is 1. The van der Waals surface area contributed by atoms with Gasteiger partial charge in [0.25, 0.3) is 0 Å². The van der Waals surface area contributed by atoms with E-state index in [0.717, 1.165) is 18.6 Å². The normalized spacial score (nSPS) is 33.0. The van der Waals surface area contributed by atoms with Gasteiger partial charge in [0.05, 0.1) is 0 Å². The maximum absolute atomic E-state index is 3.52. The van der Waals surface area contributed by atoms with Crippen molar-refractivity contribution in [3.63, 3.8) is 0 Å². The molecule has 2 nitrogen and oxygen atoms in total.